The summed E-state index contributed by atoms with van der Waals surface area (Å²) in [6.45, 7) is 7.05. The minimum absolute atomic E-state index is 0.0576. The van der Waals surface area contributed by atoms with E-state index in [2.05, 4.69) is 0 Å². The normalized spacial score (nSPS) is 17.8. The molecule has 1 fully saturated rings. The number of anilines is 1. The number of aromatic carboxylic acids is 1. The Morgan fingerprint density at radius 2 is 1.51 bits per heavy atom. The molecule has 0 unspecified atom stereocenters. The summed E-state index contributed by atoms with van der Waals surface area (Å²) in [4.78, 5) is 40.4. The topological polar surface area (TPSA) is 104 Å². The number of carboxylic acid groups (broad SMARTS) is 1. The van der Waals surface area contributed by atoms with E-state index in [1.165, 1.54) is 29.3 Å². The monoisotopic (exact) mass is 623 g/mol. The molecule has 1 aliphatic heterocycles. The first-order valence-corrected chi connectivity index (χ1v) is 15.4. The van der Waals surface area contributed by atoms with Crippen molar-refractivity contribution in [1.29, 1.82) is 0 Å². The third-order valence-electron chi connectivity index (χ3n) is 8.74. The Balaban J connectivity index is 0.000000215. The Bertz CT molecular complexity index is 1490. The van der Waals surface area contributed by atoms with Gasteiger partial charge in [-0.2, -0.15) is 13.2 Å². The number of hydrogen-bond donors (Lipinski definition) is 2. The lowest BCUT2D eigenvalue weighted by Gasteiger charge is -2.35. The Hall–Kier alpha value is -4.34. The zero-order valence-corrected chi connectivity index (χ0v) is 25.6. The number of alkyl halides is 3. The minimum atomic E-state index is -4.40. The number of nitrogen functional groups attached to an aromatic ring is 1. The highest BCUT2D eigenvalue weighted by Gasteiger charge is 2.34. The summed E-state index contributed by atoms with van der Waals surface area (Å²) in [7, 11) is 0. The van der Waals surface area contributed by atoms with Gasteiger partial charge in [0, 0.05) is 43.7 Å². The van der Waals surface area contributed by atoms with E-state index in [1.54, 1.807) is 18.2 Å². The van der Waals surface area contributed by atoms with Crippen LogP contribution in [0, 0.1) is 11.8 Å². The smallest absolute Gasteiger partial charge is 0.416 e. The van der Waals surface area contributed by atoms with Gasteiger partial charge in [-0.25, -0.2) is 4.79 Å². The molecule has 1 aliphatic carbocycles. The maximum absolute atomic E-state index is 13.0. The molecule has 3 N–H and O–H groups in total. The van der Waals surface area contributed by atoms with Crippen molar-refractivity contribution in [2.75, 3.05) is 25.4 Å². The van der Waals surface area contributed by atoms with Crippen molar-refractivity contribution in [3.63, 3.8) is 0 Å². The second-order valence-electron chi connectivity index (χ2n) is 11.5. The Morgan fingerprint density at radius 1 is 0.889 bits per heavy atom. The van der Waals surface area contributed by atoms with Gasteiger partial charge in [0.2, 0.25) is 11.8 Å². The van der Waals surface area contributed by atoms with E-state index in [4.69, 9.17) is 10.8 Å². The summed E-state index contributed by atoms with van der Waals surface area (Å²) in [6.07, 6.45) is -0.171. The highest BCUT2D eigenvalue weighted by molar-refractivity contribution is 5.96. The molecule has 45 heavy (non-hydrogen) atoms. The van der Waals surface area contributed by atoms with Crippen LogP contribution < -0.4 is 5.73 Å². The van der Waals surface area contributed by atoms with Gasteiger partial charge in [0.05, 0.1) is 11.1 Å². The third kappa shape index (κ3) is 8.23. The molecular formula is C35H40F3N3O4. The quantitative estimate of drug-likeness (QED) is 0.291. The molecule has 10 heteroatoms. The number of benzene rings is 3. The van der Waals surface area contributed by atoms with Crippen LogP contribution in [0.1, 0.15) is 66.6 Å². The van der Waals surface area contributed by atoms with Crippen LogP contribution in [0.25, 0.3) is 11.1 Å². The third-order valence-corrected chi connectivity index (χ3v) is 8.74. The Kier molecular flexibility index (Phi) is 10.9. The van der Waals surface area contributed by atoms with E-state index in [1.807, 2.05) is 41.8 Å². The van der Waals surface area contributed by atoms with Crippen LogP contribution in [0.2, 0.25) is 0 Å². The fourth-order valence-corrected chi connectivity index (χ4v) is 6.16. The molecule has 0 atom stereocenters. The number of halogens is 3. The van der Waals surface area contributed by atoms with Gasteiger partial charge in [0.15, 0.2) is 0 Å². The van der Waals surface area contributed by atoms with Crippen LogP contribution in [0.3, 0.4) is 0 Å². The highest BCUT2D eigenvalue weighted by Crippen LogP contribution is 2.34. The maximum atomic E-state index is 13.0. The summed E-state index contributed by atoms with van der Waals surface area (Å²) < 4.78 is 37.3. The van der Waals surface area contributed by atoms with Gasteiger partial charge in [-0.05, 0) is 98.5 Å². The van der Waals surface area contributed by atoms with Gasteiger partial charge < -0.3 is 20.6 Å². The second kappa shape index (κ2) is 14.6. The van der Waals surface area contributed by atoms with Crippen molar-refractivity contribution in [2.45, 2.75) is 58.7 Å². The molecule has 1 saturated carbocycles. The number of fused-ring (bicyclic) bond motifs is 1. The molecule has 0 spiro atoms. The molecule has 7 nitrogen and oxygen atoms in total. The second-order valence-corrected chi connectivity index (χ2v) is 11.5. The molecule has 0 aromatic heterocycles. The van der Waals surface area contributed by atoms with Crippen LogP contribution in [-0.4, -0.2) is 52.3 Å². The molecule has 0 radical (unpaired) electrons. The Labute approximate surface area is 261 Å². The lowest BCUT2D eigenvalue weighted by molar-refractivity contribution is -0.141. The first-order chi connectivity index (χ1) is 21.4. The van der Waals surface area contributed by atoms with Crippen molar-refractivity contribution in [2.24, 2.45) is 11.8 Å². The number of nitrogens with zero attached hydrogens (tertiary/aromatic N) is 2. The largest absolute Gasteiger partial charge is 0.478 e. The van der Waals surface area contributed by atoms with Gasteiger partial charge in [0.25, 0.3) is 0 Å². The lowest BCUT2D eigenvalue weighted by Crippen LogP contribution is -2.42. The van der Waals surface area contributed by atoms with E-state index in [0.717, 1.165) is 69.6 Å². The number of carbonyl (C=O) groups is 3. The van der Waals surface area contributed by atoms with Crippen molar-refractivity contribution >= 4 is 23.5 Å². The van der Waals surface area contributed by atoms with Crippen molar-refractivity contribution < 1.29 is 32.7 Å². The van der Waals surface area contributed by atoms with Crippen molar-refractivity contribution in [3.05, 3.63) is 89.0 Å². The summed E-state index contributed by atoms with van der Waals surface area (Å²) in [5.74, 6) is -0.405. The molecular weight excluding hydrogens is 583 g/mol. The molecule has 240 valence electrons. The van der Waals surface area contributed by atoms with E-state index in [9.17, 15) is 27.6 Å². The fourth-order valence-electron chi connectivity index (χ4n) is 6.16. The van der Waals surface area contributed by atoms with Crippen molar-refractivity contribution in [1.82, 2.24) is 9.80 Å². The highest BCUT2D eigenvalue weighted by atomic mass is 19.4. The molecule has 0 saturated heterocycles. The van der Waals surface area contributed by atoms with Gasteiger partial charge in [0.1, 0.15) is 0 Å². The number of amides is 2. The van der Waals surface area contributed by atoms with Crippen LogP contribution in [-0.2, 0) is 28.7 Å². The number of nitrogens with two attached hydrogens (primary N) is 1. The number of hydrogen-bond acceptors (Lipinski definition) is 4. The molecule has 1 heterocycles. The zero-order valence-electron chi connectivity index (χ0n) is 25.6. The van der Waals surface area contributed by atoms with Crippen LogP contribution in [0.5, 0.6) is 0 Å². The molecule has 5 rings (SSSR count). The maximum Gasteiger partial charge on any atom is 0.416 e. The van der Waals surface area contributed by atoms with Crippen LogP contribution >= 0.6 is 0 Å². The first-order valence-electron chi connectivity index (χ1n) is 15.4. The molecule has 2 amide bonds. The first kappa shape index (κ1) is 33.6. The van der Waals surface area contributed by atoms with Gasteiger partial charge in [-0.3, -0.25) is 9.59 Å². The SMILES string of the molecule is CCN(CC)C(=O)C1CCC(C(=O)N2CCc3cc(N)ccc3C2)CC1.O=C(O)c1ccccc1-c1ccc(C(F)(F)F)cc1. The van der Waals surface area contributed by atoms with E-state index >= 15 is 0 Å². The van der Waals surface area contributed by atoms with E-state index in [0.29, 0.717) is 17.7 Å². The number of rotatable bonds is 6. The molecule has 3 aromatic carbocycles. The molecule has 2 aliphatic rings. The summed E-state index contributed by atoms with van der Waals surface area (Å²) in [6, 6.07) is 16.6. The predicted octanol–water partition coefficient (Wildman–Crippen LogP) is 6.90. The van der Waals surface area contributed by atoms with Crippen LogP contribution in [0.4, 0.5) is 18.9 Å². The Morgan fingerprint density at radius 3 is 2.11 bits per heavy atom. The van der Waals surface area contributed by atoms with E-state index in [-0.39, 0.29) is 29.2 Å². The standard InChI is InChI=1S/C21H31N3O2.C14H9F3O2/c1-3-23(4-2)20(25)15-5-7-16(8-6-15)21(26)24-12-11-17-13-19(22)10-9-18(17)14-24;15-14(16,17)10-7-5-9(6-8-10)11-3-1-2-4-12(11)13(18)19/h9-10,13,15-16H,3-8,11-12,14,22H2,1-2H3;1-8H,(H,18,19). The van der Waals surface area contributed by atoms with Gasteiger partial charge in [-0.1, -0.05) is 36.4 Å². The van der Waals surface area contributed by atoms with Gasteiger partial charge >= 0.3 is 12.1 Å². The lowest BCUT2D eigenvalue weighted by atomic mass is 9.80. The summed E-state index contributed by atoms with van der Waals surface area (Å²) >= 11 is 0. The average molecular weight is 624 g/mol. The fraction of sp³-hybridized carbons (Fsp3) is 0.400. The molecule has 3 aromatic rings. The average Bonchev–Trinajstić information content (AvgIpc) is 3.04. The zero-order chi connectivity index (χ0) is 32.7. The molecule has 0 bridgehead atoms. The van der Waals surface area contributed by atoms with Crippen LogP contribution in [0.15, 0.2) is 66.7 Å². The van der Waals surface area contributed by atoms with E-state index < -0.39 is 17.7 Å². The number of carbonyl (C=O) groups excluding carboxylic acids is 2. The predicted molar refractivity (Wildman–Crippen MR) is 167 cm³/mol. The minimum Gasteiger partial charge on any atom is -0.478 e. The summed E-state index contributed by atoms with van der Waals surface area (Å²) in [5.41, 5.74) is 9.26. The number of carboxylic acids is 1. The summed E-state index contributed by atoms with van der Waals surface area (Å²) in [5, 5.41) is 9.03. The van der Waals surface area contributed by atoms with Crippen molar-refractivity contribution in [3.8, 4) is 11.1 Å². The van der Waals surface area contributed by atoms with Gasteiger partial charge in [-0.15, -0.1) is 0 Å².